The van der Waals surface area contributed by atoms with Crippen molar-refractivity contribution in [3.05, 3.63) is 28.2 Å². The summed E-state index contributed by atoms with van der Waals surface area (Å²) in [6.07, 6.45) is 0.192. The summed E-state index contributed by atoms with van der Waals surface area (Å²) in [5.74, 6) is -0.206. The van der Waals surface area contributed by atoms with Gasteiger partial charge in [0, 0.05) is 9.89 Å². The number of alkyl halides is 3. The van der Waals surface area contributed by atoms with Crippen molar-refractivity contribution in [2.75, 3.05) is 5.32 Å². The van der Waals surface area contributed by atoms with E-state index in [9.17, 15) is 18.0 Å². The van der Waals surface area contributed by atoms with Crippen molar-refractivity contribution in [3.63, 3.8) is 0 Å². The first-order valence-corrected chi connectivity index (χ1v) is 7.70. The number of rotatable bonds is 2. The van der Waals surface area contributed by atoms with Crippen LogP contribution in [0, 0.1) is 5.41 Å². The number of hydrogen-bond donors (Lipinski definition) is 1. The maximum Gasteiger partial charge on any atom is 0.416 e. The van der Waals surface area contributed by atoms with Gasteiger partial charge in [0.25, 0.3) is 0 Å². The number of hydrogen-bond acceptors (Lipinski definition) is 1. The minimum absolute atomic E-state index is 0.168. The maximum atomic E-state index is 12.7. The van der Waals surface area contributed by atoms with E-state index < -0.39 is 17.2 Å². The lowest BCUT2D eigenvalue weighted by atomic mass is 9.75. The Morgan fingerprint density at radius 2 is 1.86 bits per heavy atom. The van der Waals surface area contributed by atoms with Gasteiger partial charge in [-0.25, -0.2) is 0 Å². The fraction of sp³-hybridized carbons (Fsp3) is 0.533. The van der Waals surface area contributed by atoms with Gasteiger partial charge in [-0.2, -0.15) is 13.2 Å². The molecule has 0 unspecified atom stereocenters. The van der Waals surface area contributed by atoms with Gasteiger partial charge in [-0.05, 0) is 47.0 Å². The molecule has 1 aliphatic carbocycles. The molecule has 0 bridgehead atoms. The highest BCUT2D eigenvalue weighted by Crippen LogP contribution is 2.38. The lowest BCUT2D eigenvalue weighted by Gasteiger charge is -2.32. The molecule has 1 N–H and O–H groups in total. The molecule has 0 saturated heterocycles. The summed E-state index contributed by atoms with van der Waals surface area (Å²) in [5, 5.41) is 2.65. The lowest BCUT2D eigenvalue weighted by molar-refractivity contribution is -0.137. The summed E-state index contributed by atoms with van der Waals surface area (Å²) >= 11 is 3.19. The molecule has 0 atom stereocenters. The molecule has 116 valence electrons. The number of carbonyl (C=O) groups is 1. The molecule has 6 heteroatoms. The van der Waals surface area contributed by atoms with Crippen LogP contribution in [0.1, 0.15) is 44.6 Å². The lowest BCUT2D eigenvalue weighted by Crippen LogP contribution is -2.35. The largest absolute Gasteiger partial charge is 0.416 e. The molecule has 1 aromatic rings. The van der Waals surface area contributed by atoms with Crippen LogP contribution < -0.4 is 5.32 Å². The molecule has 2 rings (SSSR count). The first-order valence-electron chi connectivity index (χ1n) is 6.91. The van der Waals surface area contributed by atoms with Crippen molar-refractivity contribution >= 4 is 27.5 Å². The van der Waals surface area contributed by atoms with Gasteiger partial charge in [-0.3, -0.25) is 4.79 Å². The van der Waals surface area contributed by atoms with Gasteiger partial charge in [0.2, 0.25) is 5.91 Å². The first kappa shape index (κ1) is 16.3. The number of carbonyl (C=O) groups excluding carboxylic acids is 1. The van der Waals surface area contributed by atoms with Crippen LogP contribution in [0.4, 0.5) is 18.9 Å². The Kier molecular flexibility index (Phi) is 4.66. The summed E-state index contributed by atoms with van der Waals surface area (Å²) in [6.45, 7) is 1.88. The average molecular weight is 364 g/mol. The van der Waals surface area contributed by atoms with Crippen molar-refractivity contribution in [1.29, 1.82) is 0 Å². The summed E-state index contributed by atoms with van der Waals surface area (Å²) < 4.78 is 38.7. The van der Waals surface area contributed by atoms with E-state index in [0.717, 1.165) is 44.2 Å². The standard InChI is InChI=1S/C15H17BrF3NO/c1-14(7-3-2-4-8-14)13(21)20-12-9-10(15(17,18)19)5-6-11(12)16/h5-6,9H,2-4,7-8H2,1H3,(H,20,21). The molecule has 1 aromatic carbocycles. The monoisotopic (exact) mass is 363 g/mol. The van der Waals surface area contributed by atoms with E-state index in [-0.39, 0.29) is 11.6 Å². The molecule has 1 saturated carbocycles. The minimum atomic E-state index is -4.42. The zero-order valence-electron chi connectivity index (χ0n) is 11.7. The van der Waals surface area contributed by atoms with Crippen molar-refractivity contribution < 1.29 is 18.0 Å². The van der Waals surface area contributed by atoms with Crippen molar-refractivity contribution in [1.82, 2.24) is 0 Å². The fourth-order valence-electron chi connectivity index (χ4n) is 2.63. The quantitative estimate of drug-likeness (QED) is 0.750. The molecule has 1 aliphatic rings. The number of benzene rings is 1. The second-order valence-electron chi connectivity index (χ2n) is 5.77. The second kappa shape index (κ2) is 5.99. The zero-order chi connectivity index (χ0) is 15.7. The van der Waals surface area contributed by atoms with Gasteiger partial charge < -0.3 is 5.32 Å². The zero-order valence-corrected chi connectivity index (χ0v) is 13.3. The number of amides is 1. The van der Waals surface area contributed by atoms with Crippen molar-refractivity contribution in [2.24, 2.45) is 5.41 Å². The number of nitrogens with one attached hydrogen (secondary N) is 1. The molecule has 1 fully saturated rings. The van der Waals surface area contributed by atoms with Crippen LogP contribution in [0.5, 0.6) is 0 Å². The fourth-order valence-corrected chi connectivity index (χ4v) is 2.98. The third-order valence-electron chi connectivity index (χ3n) is 4.05. The smallest absolute Gasteiger partial charge is 0.325 e. The second-order valence-corrected chi connectivity index (χ2v) is 6.62. The third-order valence-corrected chi connectivity index (χ3v) is 4.74. The van der Waals surface area contributed by atoms with Crippen LogP contribution in [-0.4, -0.2) is 5.91 Å². The predicted octanol–water partition coefficient (Wildman–Crippen LogP) is 5.38. The molecule has 0 aliphatic heterocycles. The molecule has 0 spiro atoms. The van der Waals surface area contributed by atoms with Gasteiger partial charge >= 0.3 is 6.18 Å². The Morgan fingerprint density at radius 1 is 1.24 bits per heavy atom. The van der Waals surface area contributed by atoms with Crippen LogP contribution in [0.15, 0.2) is 22.7 Å². The van der Waals surface area contributed by atoms with Crippen LogP contribution in [0.2, 0.25) is 0 Å². The summed E-state index contributed by atoms with van der Waals surface area (Å²) in [5.41, 5.74) is -1.09. The molecule has 1 amide bonds. The molecular formula is C15H17BrF3NO. The molecule has 0 radical (unpaired) electrons. The van der Waals surface area contributed by atoms with E-state index in [2.05, 4.69) is 21.2 Å². The van der Waals surface area contributed by atoms with Gasteiger partial charge in [-0.15, -0.1) is 0 Å². The Bertz CT molecular complexity index is 536. The average Bonchev–Trinajstić information content (AvgIpc) is 2.40. The Balaban J connectivity index is 2.20. The predicted molar refractivity (Wildman–Crippen MR) is 79.0 cm³/mol. The van der Waals surface area contributed by atoms with E-state index in [1.165, 1.54) is 6.07 Å². The van der Waals surface area contributed by atoms with Gasteiger partial charge in [-0.1, -0.05) is 26.2 Å². The van der Waals surface area contributed by atoms with Gasteiger partial charge in [0.15, 0.2) is 0 Å². The third kappa shape index (κ3) is 3.78. The van der Waals surface area contributed by atoms with E-state index in [1.807, 2.05) is 6.92 Å². The summed E-state index contributed by atoms with van der Waals surface area (Å²) in [7, 11) is 0. The van der Waals surface area contributed by atoms with E-state index >= 15 is 0 Å². The SMILES string of the molecule is CC1(C(=O)Nc2cc(C(F)(F)F)ccc2Br)CCCCC1. The highest BCUT2D eigenvalue weighted by atomic mass is 79.9. The van der Waals surface area contributed by atoms with Crippen molar-refractivity contribution in [2.45, 2.75) is 45.2 Å². The van der Waals surface area contributed by atoms with Crippen LogP contribution >= 0.6 is 15.9 Å². The Labute approximate surface area is 130 Å². The Morgan fingerprint density at radius 3 is 2.43 bits per heavy atom. The van der Waals surface area contributed by atoms with Gasteiger partial charge in [0.05, 0.1) is 11.3 Å². The number of halogens is 4. The van der Waals surface area contributed by atoms with E-state index in [0.29, 0.717) is 4.47 Å². The van der Waals surface area contributed by atoms with E-state index in [4.69, 9.17) is 0 Å². The molecule has 21 heavy (non-hydrogen) atoms. The van der Waals surface area contributed by atoms with E-state index in [1.54, 1.807) is 0 Å². The van der Waals surface area contributed by atoms with Crippen LogP contribution in [0.3, 0.4) is 0 Å². The highest BCUT2D eigenvalue weighted by molar-refractivity contribution is 9.10. The topological polar surface area (TPSA) is 29.1 Å². The van der Waals surface area contributed by atoms with Crippen LogP contribution in [0.25, 0.3) is 0 Å². The first-order chi connectivity index (χ1) is 9.72. The molecular weight excluding hydrogens is 347 g/mol. The normalized spacial score (nSPS) is 18.3. The summed E-state index contributed by atoms with van der Waals surface area (Å²) in [4.78, 5) is 12.4. The maximum absolute atomic E-state index is 12.7. The minimum Gasteiger partial charge on any atom is -0.325 e. The van der Waals surface area contributed by atoms with Crippen LogP contribution in [-0.2, 0) is 11.0 Å². The molecule has 0 heterocycles. The molecule has 2 nitrogen and oxygen atoms in total. The number of anilines is 1. The van der Waals surface area contributed by atoms with Gasteiger partial charge in [0.1, 0.15) is 0 Å². The molecule has 0 aromatic heterocycles. The highest BCUT2D eigenvalue weighted by Gasteiger charge is 2.35. The summed E-state index contributed by atoms with van der Waals surface area (Å²) in [6, 6.07) is 3.26. The van der Waals surface area contributed by atoms with Crippen molar-refractivity contribution in [3.8, 4) is 0 Å². The Hall–Kier alpha value is -1.04.